The predicted octanol–water partition coefficient (Wildman–Crippen LogP) is 5.72. The fraction of sp³-hybridized carbons (Fsp3) is 0.833. The standard InChI is InChI=1S/C30H57NO5/c1-3-5-7-9-11-13-14-16-18-20-22-24-28(34)30(36)31-26(25-32)29(35)27(33)23-21-19-17-15-12-10-8-6-4-2/h11,13,15,17,26-29,32-35H,3-10,12,14,16,18-25H2,1-2H3,(H,31,36)/b13-11-,17-15+. The van der Waals surface area contributed by atoms with E-state index in [1.54, 1.807) is 0 Å². The molecule has 0 aromatic rings. The van der Waals surface area contributed by atoms with Gasteiger partial charge in [0.05, 0.1) is 18.8 Å². The van der Waals surface area contributed by atoms with Crippen molar-refractivity contribution >= 4 is 5.91 Å². The summed E-state index contributed by atoms with van der Waals surface area (Å²) in [6.45, 7) is 3.91. The van der Waals surface area contributed by atoms with Gasteiger partial charge >= 0.3 is 0 Å². The third-order valence-corrected chi connectivity index (χ3v) is 6.63. The molecule has 4 unspecified atom stereocenters. The number of aliphatic hydroxyl groups excluding tert-OH is 4. The first-order valence-corrected chi connectivity index (χ1v) is 14.7. The number of rotatable bonds is 25. The minimum Gasteiger partial charge on any atom is -0.394 e. The summed E-state index contributed by atoms with van der Waals surface area (Å²) in [6, 6.07) is -1.000. The number of aliphatic hydroxyl groups is 4. The molecule has 5 N–H and O–H groups in total. The Kier molecular flexibility index (Phi) is 24.6. The molecule has 212 valence electrons. The summed E-state index contributed by atoms with van der Waals surface area (Å²) < 4.78 is 0. The van der Waals surface area contributed by atoms with Gasteiger partial charge in [0.15, 0.2) is 0 Å². The molecule has 4 atom stereocenters. The average Bonchev–Trinajstić information content (AvgIpc) is 2.88. The lowest BCUT2D eigenvalue weighted by Crippen LogP contribution is -2.53. The summed E-state index contributed by atoms with van der Waals surface area (Å²) in [6.07, 6.45) is 23.5. The zero-order valence-corrected chi connectivity index (χ0v) is 23.3. The maximum Gasteiger partial charge on any atom is 0.249 e. The highest BCUT2D eigenvalue weighted by Crippen LogP contribution is 2.12. The van der Waals surface area contributed by atoms with Crippen LogP contribution in [0, 0.1) is 0 Å². The lowest BCUT2D eigenvalue weighted by molar-refractivity contribution is -0.132. The SMILES string of the molecule is CCCCC/C=C\CCCCCCC(O)C(=O)NC(CO)C(O)C(O)CCC/C=C/CCCCCC. The molecule has 0 aromatic carbocycles. The molecule has 36 heavy (non-hydrogen) atoms. The summed E-state index contributed by atoms with van der Waals surface area (Å²) in [5.74, 6) is -0.610. The van der Waals surface area contributed by atoms with Crippen LogP contribution in [0.5, 0.6) is 0 Å². The van der Waals surface area contributed by atoms with Gasteiger partial charge < -0.3 is 25.7 Å². The van der Waals surface area contributed by atoms with E-state index in [-0.39, 0.29) is 0 Å². The van der Waals surface area contributed by atoms with E-state index in [0.717, 1.165) is 51.4 Å². The third-order valence-electron chi connectivity index (χ3n) is 6.63. The van der Waals surface area contributed by atoms with Crippen LogP contribution in [0.3, 0.4) is 0 Å². The predicted molar refractivity (Wildman–Crippen MR) is 150 cm³/mol. The monoisotopic (exact) mass is 511 g/mol. The lowest BCUT2D eigenvalue weighted by atomic mass is 10.00. The minimum atomic E-state index is -1.28. The van der Waals surface area contributed by atoms with Crippen LogP contribution in [-0.4, -0.2) is 57.3 Å². The summed E-state index contributed by atoms with van der Waals surface area (Å²) >= 11 is 0. The average molecular weight is 512 g/mol. The largest absolute Gasteiger partial charge is 0.394 e. The Bertz CT molecular complexity index is 551. The molecule has 0 radical (unpaired) electrons. The van der Waals surface area contributed by atoms with Crippen LogP contribution < -0.4 is 5.32 Å². The van der Waals surface area contributed by atoms with Gasteiger partial charge in [0.2, 0.25) is 5.91 Å². The Hall–Kier alpha value is -1.21. The second-order valence-electron chi connectivity index (χ2n) is 10.1. The van der Waals surface area contributed by atoms with Gasteiger partial charge in [-0.05, 0) is 64.2 Å². The zero-order chi connectivity index (χ0) is 26.9. The fourth-order valence-corrected chi connectivity index (χ4v) is 4.16. The van der Waals surface area contributed by atoms with Gasteiger partial charge in [-0.2, -0.15) is 0 Å². The van der Waals surface area contributed by atoms with Crippen molar-refractivity contribution < 1.29 is 25.2 Å². The normalized spacial score (nSPS) is 15.4. The molecule has 0 bridgehead atoms. The molecule has 0 heterocycles. The fourth-order valence-electron chi connectivity index (χ4n) is 4.16. The Labute approximate surface area is 221 Å². The molecule has 6 heteroatoms. The molecule has 6 nitrogen and oxygen atoms in total. The maximum atomic E-state index is 12.3. The van der Waals surface area contributed by atoms with Gasteiger partial charge in [-0.3, -0.25) is 4.79 Å². The number of hydrogen-bond donors (Lipinski definition) is 5. The van der Waals surface area contributed by atoms with Gasteiger partial charge in [-0.15, -0.1) is 0 Å². The van der Waals surface area contributed by atoms with Crippen molar-refractivity contribution in [1.82, 2.24) is 5.32 Å². The van der Waals surface area contributed by atoms with Crippen molar-refractivity contribution in [2.75, 3.05) is 6.61 Å². The maximum absolute atomic E-state index is 12.3. The van der Waals surface area contributed by atoms with Crippen LogP contribution in [0.1, 0.15) is 129 Å². The van der Waals surface area contributed by atoms with Gasteiger partial charge in [0.25, 0.3) is 0 Å². The molecule has 0 rings (SSSR count). The minimum absolute atomic E-state index is 0.347. The Morgan fingerprint density at radius 1 is 0.667 bits per heavy atom. The van der Waals surface area contributed by atoms with Crippen LogP contribution in [0.2, 0.25) is 0 Å². The van der Waals surface area contributed by atoms with Gasteiger partial charge in [-0.25, -0.2) is 0 Å². The topological polar surface area (TPSA) is 110 Å². The Morgan fingerprint density at radius 2 is 1.14 bits per heavy atom. The molecular formula is C30H57NO5. The van der Waals surface area contributed by atoms with E-state index in [0.29, 0.717) is 19.3 Å². The van der Waals surface area contributed by atoms with Crippen molar-refractivity contribution in [3.63, 3.8) is 0 Å². The number of unbranched alkanes of at least 4 members (excludes halogenated alkanes) is 12. The molecule has 0 spiro atoms. The van der Waals surface area contributed by atoms with Gasteiger partial charge in [0, 0.05) is 0 Å². The number of carbonyl (C=O) groups is 1. The summed E-state index contributed by atoms with van der Waals surface area (Å²) in [5.41, 5.74) is 0. The highest BCUT2D eigenvalue weighted by molar-refractivity contribution is 5.80. The summed E-state index contributed by atoms with van der Waals surface area (Å²) in [5, 5.41) is 42.9. The second kappa shape index (κ2) is 25.4. The van der Waals surface area contributed by atoms with Gasteiger partial charge in [0.1, 0.15) is 12.2 Å². The van der Waals surface area contributed by atoms with Crippen LogP contribution in [0.4, 0.5) is 0 Å². The summed E-state index contributed by atoms with van der Waals surface area (Å²) in [4.78, 5) is 12.3. The number of nitrogens with one attached hydrogen (secondary N) is 1. The van der Waals surface area contributed by atoms with E-state index in [4.69, 9.17) is 0 Å². The van der Waals surface area contributed by atoms with Crippen molar-refractivity contribution in [1.29, 1.82) is 0 Å². The first-order chi connectivity index (χ1) is 17.5. The van der Waals surface area contributed by atoms with E-state index in [9.17, 15) is 25.2 Å². The Morgan fingerprint density at radius 3 is 1.69 bits per heavy atom. The molecule has 0 aliphatic heterocycles. The number of carbonyl (C=O) groups excluding carboxylic acids is 1. The van der Waals surface area contributed by atoms with Crippen molar-refractivity contribution in [2.24, 2.45) is 0 Å². The second-order valence-corrected chi connectivity index (χ2v) is 10.1. The molecule has 0 aliphatic rings. The molecule has 0 aliphatic carbocycles. The highest BCUT2D eigenvalue weighted by atomic mass is 16.3. The van der Waals surface area contributed by atoms with Crippen LogP contribution in [0.25, 0.3) is 0 Å². The van der Waals surface area contributed by atoms with E-state index in [2.05, 4.69) is 43.5 Å². The van der Waals surface area contributed by atoms with Crippen LogP contribution in [0.15, 0.2) is 24.3 Å². The van der Waals surface area contributed by atoms with Crippen molar-refractivity contribution in [3.05, 3.63) is 24.3 Å². The zero-order valence-electron chi connectivity index (χ0n) is 23.3. The molecular weight excluding hydrogens is 454 g/mol. The van der Waals surface area contributed by atoms with E-state index < -0.39 is 36.9 Å². The smallest absolute Gasteiger partial charge is 0.249 e. The van der Waals surface area contributed by atoms with Crippen molar-refractivity contribution in [2.45, 2.75) is 154 Å². The molecule has 1 amide bonds. The lowest BCUT2D eigenvalue weighted by Gasteiger charge is -2.27. The molecule has 0 saturated heterocycles. The number of hydrogen-bond acceptors (Lipinski definition) is 5. The van der Waals surface area contributed by atoms with Crippen LogP contribution >= 0.6 is 0 Å². The number of allylic oxidation sites excluding steroid dienone is 4. The van der Waals surface area contributed by atoms with E-state index >= 15 is 0 Å². The van der Waals surface area contributed by atoms with Crippen LogP contribution in [-0.2, 0) is 4.79 Å². The summed E-state index contributed by atoms with van der Waals surface area (Å²) in [7, 11) is 0. The first kappa shape index (κ1) is 34.8. The first-order valence-electron chi connectivity index (χ1n) is 14.7. The molecule has 0 fully saturated rings. The van der Waals surface area contributed by atoms with E-state index in [1.807, 2.05) is 0 Å². The quantitative estimate of drug-likeness (QED) is 0.0795. The molecule has 0 saturated carbocycles. The molecule has 0 aromatic heterocycles. The van der Waals surface area contributed by atoms with Crippen molar-refractivity contribution in [3.8, 4) is 0 Å². The number of amides is 1. The van der Waals surface area contributed by atoms with Gasteiger partial charge in [-0.1, -0.05) is 89.5 Å². The highest BCUT2D eigenvalue weighted by Gasteiger charge is 2.28. The Balaban J connectivity index is 4.02. The third kappa shape index (κ3) is 19.9. The van der Waals surface area contributed by atoms with E-state index in [1.165, 1.54) is 44.9 Å².